The number of rotatable bonds is 5. The molecule has 31 heavy (non-hydrogen) atoms. The third kappa shape index (κ3) is 3.71. The Morgan fingerprint density at radius 1 is 0.645 bits per heavy atom. The van der Waals surface area contributed by atoms with Gasteiger partial charge in [0, 0.05) is 16.7 Å². The fraction of sp³-hybridized carbons (Fsp3) is 0.0370. The summed E-state index contributed by atoms with van der Waals surface area (Å²) in [7, 11) is 0. The van der Waals surface area contributed by atoms with Crippen LogP contribution in [0.5, 0.6) is 5.75 Å². The summed E-state index contributed by atoms with van der Waals surface area (Å²) in [5.41, 5.74) is 9.69. The molecule has 0 bridgehead atoms. The number of hydrazone groups is 1. The molecule has 1 amide bonds. The lowest BCUT2D eigenvalue weighted by atomic mass is 10.1. The average molecular weight is 404 g/mol. The van der Waals surface area contributed by atoms with Gasteiger partial charge in [-0.25, -0.2) is 5.43 Å². The summed E-state index contributed by atoms with van der Waals surface area (Å²) in [6, 6.07) is 33.8. The van der Waals surface area contributed by atoms with Gasteiger partial charge in [-0.15, -0.1) is 0 Å². The van der Waals surface area contributed by atoms with Crippen molar-refractivity contribution >= 4 is 11.6 Å². The van der Waals surface area contributed by atoms with Crippen LogP contribution in [0.2, 0.25) is 0 Å². The molecule has 0 heterocycles. The molecule has 4 heteroatoms. The lowest BCUT2D eigenvalue weighted by Crippen LogP contribution is -2.26. The largest absolute Gasteiger partial charge is 0.483 e. The highest BCUT2D eigenvalue weighted by Gasteiger charge is 2.24. The lowest BCUT2D eigenvalue weighted by molar-refractivity contribution is -0.123. The number of carbonyl (C=O) groups excluding carboxylic acids is 1. The summed E-state index contributed by atoms with van der Waals surface area (Å²) in [5, 5.41) is 4.44. The second-order valence-electron chi connectivity index (χ2n) is 7.24. The van der Waals surface area contributed by atoms with E-state index >= 15 is 0 Å². The second kappa shape index (κ2) is 8.28. The van der Waals surface area contributed by atoms with Crippen molar-refractivity contribution < 1.29 is 9.53 Å². The summed E-state index contributed by atoms with van der Waals surface area (Å²) in [5.74, 6) is 0.352. The first-order valence-electron chi connectivity index (χ1n) is 10.1. The Balaban J connectivity index is 1.33. The number of carbonyl (C=O) groups is 1. The van der Waals surface area contributed by atoms with Gasteiger partial charge >= 0.3 is 0 Å². The maximum absolute atomic E-state index is 12.5. The van der Waals surface area contributed by atoms with E-state index in [4.69, 9.17) is 4.74 Å². The SMILES string of the molecule is O=C(COc1ccccc1-c1ccccc1)NN=C1c2ccccc2-c2ccccc21. The number of para-hydroxylation sites is 1. The van der Waals surface area contributed by atoms with E-state index in [1.807, 2.05) is 91.0 Å². The Morgan fingerprint density at radius 3 is 1.81 bits per heavy atom. The number of fused-ring (bicyclic) bond motifs is 3. The van der Waals surface area contributed by atoms with Gasteiger partial charge < -0.3 is 4.74 Å². The van der Waals surface area contributed by atoms with Gasteiger partial charge in [0.1, 0.15) is 5.75 Å². The third-order valence-corrected chi connectivity index (χ3v) is 5.28. The van der Waals surface area contributed by atoms with Gasteiger partial charge in [-0.2, -0.15) is 5.10 Å². The number of amides is 1. The van der Waals surface area contributed by atoms with Crippen LogP contribution in [0.3, 0.4) is 0 Å². The van der Waals surface area contributed by atoms with Crippen LogP contribution in [-0.2, 0) is 4.79 Å². The normalized spacial score (nSPS) is 11.4. The Hall–Kier alpha value is -4.18. The zero-order chi connectivity index (χ0) is 21.0. The second-order valence-corrected chi connectivity index (χ2v) is 7.24. The molecular formula is C27H20N2O2. The van der Waals surface area contributed by atoms with Crippen LogP contribution in [0.25, 0.3) is 22.3 Å². The van der Waals surface area contributed by atoms with Crippen LogP contribution in [-0.4, -0.2) is 18.2 Å². The van der Waals surface area contributed by atoms with Crippen LogP contribution < -0.4 is 10.2 Å². The minimum absolute atomic E-state index is 0.121. The van der Waals surface area contributed by atoms with E-state index in [2.05, 4.69) is 22.7 Å². The van der Waals surface area contributed by atoms with Gasteiger partial charge in [0.2, 0.25) is 0 Å². The Kier molecular flexibility index (Phi) is 5.03. The van der Waals surface area contributed by atoms with Crippen molar-refractivity contribution in [2.75, 3.05) is 6.61 Å². The number of hydrogen-bond acceptors (Lipinski definition) is 3. The van der Waals surface area contributed by atoms with Gasteiger partial charge in [0.05, 0.1) is 5.71 Å². The van der Waals surface area contributed by atoms with Crippen molar-refractivity contribution in [2.24, 2.45) is 5.10 Å². The monoisotopic (exact) mass is 404 g/mol. The molecule has 150 valence electrons. The smallest absolute Gasteiger partial charge is 0.277 e. The summed E-state index contributed by atoms with van der Waals surface area (Å²) >= 11 is 0. The van der Waals surface area contributed by atoms with E-state index in [1.54, 1.807) is 0 Å². The molecular weight excluding hydrogens is 384 g/mol. The molecule has 0 saturated heterocycles. The molecule has 0 atom stereocenters. The van der Waals surface area contributed by atoms with Crippen molar-refractivity contribution in [1.29, 1.82) is 0 Å². The maximum Gasteiger partial charge on any atom is 0.277 e. The van der Waals surface area contributed by atoms with Gasteiger partial charge in [0.15, 0.2) is 6.61 Å². The summed E-state index contributed by atoms with van der Waals surface area (Å²) in [6.07, 6.45) is 0. The molecule has 0 unspecified atom stereocenters. The summed E-state index contributed by atoms with van der Waals surface area (Å²) in [4.78, 5) is 12.5. The van der Waals surface area contributed by atoms with E-state index in [-0.39, 0.29) is 12.5 Å². The number of ether oxygens (including phenoxy) is 1. The van der Waals surface area contributed by atoms with Crippen LogP contribution in [0.4, 0.5) is 0 Å². The number of nitrogens with zero attached hydrogens (tertiary/aromatic N) is 1. The van der Waals surface area contributed by atoms with E-state index in [9.17, 15) is 4.79 Å². The average Bonchev–Trinajstić information content (AvgIpc) is 3.16. The predicted molar refractivity (Wildman–Crippen MR) is 123 cm³/mol. The highest BCUT2D eigenvalue weighted by atomic mass is 16.5. The van der Waals surface area contributed by atoms with Crippen LogP contribution >= 0.6 is 0 Å². The highest BCUT2D eigenvalue weighted by molar-refractivity contribution is 6.24. The first-order valence-corrected chi connectivity index (χ1v) is 10.1. The van der Waals surface area contributed by atoms with Gasteiger partial charge in [-0.05, 0) is 22.8 Å². The topological polar surface area (TPSA) is 50.7 Å². The molecule has 4 aromatic carbocycles. The first-order chi connectivity index (χ1) is 15.3. The molecule has 5 rings (SSSR count). The number of nitrogens with one attached hydrogen (secondary N) is 1. The lowest BCUT2D eigenvalue weighted by Gasteiger charge is -2.11. The molecule has 0 spiro atoms. The number of benzene rings is 4. The quantitative estimate of drug-likeness (QED) is 0.405. The predicted octanol–water partition coefficient (Wildman–Crippen LogP) is 5.28. The highest BCUT2D eigenvalue weighted by Crippen LogP contribution is 2.36. The van der Waals surface area contributed by atoms with Crippen LogP contribution in [0, 0.1) is 0 Å². The fourth-order valence-electron chi connectivity index (χ4n) is 3.86. The van der Waals surface area contributed by atoms with Crippen molar-refractivity contribution in [2.45, 2.75) is 0 Å². The Morgan fingerprint density at radius 2 is 1.16 bits per heavy atom. The molecule has 1 N–H and O–H groups in total. The fourth-order valence-corrected chi connectivity index (χ4v) is 3.86. The van der Waals surface area contributed by atoms with E-state index in [0.29, 0.717) is 5.75 Å². The molecule has 4 nitrogen and oxygen atoms in total. The van der Waals surface area contributed by atoms with Crippen molar-refractivity contribution in [3.63, 3.8) is 0 Å². The minimum atomic E-state index is -0.308. The third-order valence-electron chi connectivity index (χ3n) is 5.28. The van der Waals surface area contributed by atoms with Gasteiger partial charge in [-0.3, -0.25) is 4.79 Å². The Labute approximate surface area is 180 Å². The van der Waals surface area contributed by atoms with Crippen LogP contribution in [0.15, 0.2) is 108 Å². The summed E-state index contributed by atoms with van der Waals surface area (Å²) < 4.78 is 5.83. The molecule has 0 aliphatic heterocycles. The molecule has 1 aliphatic rings. The molecule has 1 aliphatic carbocycles. The standard InChI is InChI=1S/C27H20N2O2/c30-26(18-31-25-17-9-8-12-20(25)19-10-2-1-3-11-19)28-29-27-23-15-6-4-13-21(23)22-14-5-7-16-24(22)27/h1-17H,18H2,(H,28,30). The van der Waals surface area contributed by atoms with Crippen molar-refractivity contribution in [3.8, 4) is 28.0 Å². The van der Waals surface area contributed by atoms with Crippen molar-refractivity contribution in [1.82, 2.24) is 5.43 Å². The first kappa shape index (κ1) is 18.8. The molecule has 0 radical (unpaired) electrons. The number of hydrogen-bond donors (Lipinski definition) is 1. The van der Waals surface area contributed by atoms with E-state index < -0.39 is 0 Å². The zero-order valence-corrected chi connectivity index (χ0v) is 16.8. The Bertz CT molecular complexity index is 1230. The van der Waals surface area contributed by atoms with E-state index in [0.717, 1.165) is 39.1 Å². The molecule has 0 aromatic heterocycles. The van der Waals surface area contributed by atoms with Gasteiger partial charge in [0.25, 0.3) is 5.91 Å². The van der Waals surface area contributed by atoms with Crippen molar-refractivity contribution in [3.05, 3.63) is 114 Å². The van der Waals surface area contributed by atoms with Crippen LogP contribution in [0.1, 0.15) is 11.1 Å². The summed E-state index contributed by atoms with van der Waals surface area (Å²) in [6.45, 7) is -0.121. The zero-order valence-electron chi connectivity index (χ0n) is 16.8. The molecule has 0 fully saturated rings. The molecule has 4 aromatic rings. The molecule has 0 saturated carbocycles. The van der Waals surface area contributed by atoms with Gasteiger partial charge in [-0.1, -0.05) is 97.1 Å². The maximum atomic E-state index is 12.5. The minimum Gasteiger partial charge on any atom is -0.483 e. The van der Waals surface area contributed by atoms with E-state index in [1.165, 1.54) is 0 Å².